The Kier molecular flexibility index (Phi) is 8.59. The molecule has 2 aromatic rings. The van der Waals surface area contributed by atoms with Crippen LogP contribution in [0.3, 0.4) is 0 Å². The van der Waals surface area contributed by atoms with Gasteiger partial charge in [0.05, 0.1) is 6.42 Å². The molecule has 0 heterocycles. The molecule has 0 bridgehead atoms. The summed E-state index contributed by atoms with van der Waals surface area (Å²) in [5.41, 5.74) is 2.18. The maximum atomic E-state index is 12.9. The van der Waals surface area contributed by atoms with Gasteiger partial charge in [-0.15, -0.1) is 0 Å². The van der Waals surface area contributed by atoms with Crippen LogP contribution in [0, 0.1) is 5.92 Å². The number of benzene rings is 2. The molecule has 0 radical (unpaired) electrons. The number of rotatable bonds is 9. The molecule has 30 heavy (non-hydrogen) atoms. The van der Waals surface area contributed by atoms with Crippen molar-refractivity contribution in [3.8, 4) is 0 Å². The van der Waals surface area contributed by atoms with Crippen LogP contribution in [0.4, 0.5) is 5.69 Å². The van der Waals surface area contributed by atoms with Crippen LogP contribution in [0.1, 0.15) is 51.3 Å². The first-order valence-electron chi connectivity index (χ1n) is 10.3. The van der Waals surface area contributed by atoms with Crippen molar-refractivity contribution < 1.29 is 14.4 Å². The molecule has 0 fully saturated rings. The molecule has 0 saturated carbocycles. The summed E-state index contributed by atoms with van der Waals surface area (Å²) < 4.78 is 0. The molecule has 0 aliphatic rings. The molecule has 3 amide bonds. The number of nitrogens with one attached hydrogen (secondary N) is 3. The lowest BCUT2D eigenvalue weighted by Crippen LogP contribution is -2.37. The highest BCUT2D eigenvalue weighted by atomic mass is 16.2. The van der Waals surface area contributed by atoms with Gasteiger partial charge in [-0.2, -0.15) is 0 Å². The predicted octanol–water partition coefficient (Wildman–Crippen LogP) is 3.60. The molecular weight excluding hydrogens is 378 g/mol. The third kappa shape index (κ3) is 7.70. The maximum Gasteiger partial charge on any atom is 0.251 e. The van der Waals surface area contributed by atoms with Crippen molar-refractivity contribution in [2.75, 3.05) is 5.32 Å². The molecule has 0 aromatic heterocycles. The van der Waals surface area contributed by atoms with Crippen LogP contribution < -0.4 is 16.0 Å². The first-order chi connectivity index (χ1) is 14.2. The highest BCUT2D eigenvalue weighted by Gasteiger charge is 2.23. The molecule has 1 unspecified atom stereocenters. The summed E-state index contributed by atoms with van der Waals surface area (Å²) in [6.45, 7) is 7.75. The van der Waals surface area contributed by atoms with E-state index in [9.17, 15) is 14.4 Å². The highest BCUT2D eigenvalue weighted by Crippen LogP contribution is 2.18. The summed E-state index contributed by atoms with van der Waals surface area (Å²) in [6.07, 6.45) is 0.633. The Morgan fingerprint density at radius 2 is 1.43 bits per heavy atom. The maximum absolute atomic E-state index is 12.9. The second-order valence-electron chi connectivity index (χ2n) is 8.09. The van der Waals surface area contributed by atoms with Crippen LogP contribution in [0.2, 0.25) is 0 Å². The standard InChI is InChI=1S/C24H31N3O3/c1-16(2)14-21(28)27-23(19-8-6-5-7-9-19)24(30)26-20-12-10-18(11-13-20)15-22(29)25-17(3)4/h5-13,16-17,23H,14-15H2,1-4H3,(H,25,29)(H,26,30)(H,27,28). The van der Waals surface area contributed by atoms with Gasteiger partial charge in [-0.1, -0.05) is 56.3 Å². The van der Waals surface area contributed by atoms with Gasteiger partial charge in [0.1, 0.15) is 6.04 Å². The molecule has 2 rings (SSSR count). The average Bonchev–Trinajstić information content (AvgIpc) is 2.67. The summed E-state index contributed by atoms with van der Waals surface area (Å²) in [4.78, 5) is 37.1. The summed E-state index contributed by atoms with van der Waals surface area (Å²) in [6, 6.07) is 15.6. The molecule has 2 aromatic carbocycles. The summed E-state index contributed by atoms with van der Waals surface area (Å²) in [7, 11) is 0. The SMILES string of the molecule is CC(C)CC(=O)NC(C(=O)Nc1ccc(CC(=O)NC(C)C)cc1)c1ccccc1. The van der Waals surface area contributed by atoms with Crippen LogP contribution in [0.25, 0.3) is 0 Å². The first-order valence-corrected chi connectivity index (χ1v) is 10.3. The Bertz CT molecular complexity index is 846. The molecule has 0 saturated heterocycles. The summed E-state index contributed by atoms with van der Waals surface area (Å²) in [5, 5.41) is 8.55. The van der Waals surface area contributed by atoms with Crippen LogP contribution in [-0.4, -0.2) is 23.8 Å². The van der Waals surface area contributed by atoms with Crippen LogP contribution >= 0.6 is 0 Å². The van der Waals surface area contributed by atoms with Gasteiger partial charge in [-0.05, 0) is 43.0 Å². The average molecular weight is 410 g/mol. The first kappa shape index (κ1) is 23.1. The zero-order valence-corrected chi connectivity index (χ0v) is 18.1. The van der Waals surface area contributed by atoms with E-state index in [-0.39, 0.29) is 36.1 Å². The van der Waals surface area contributed by atoms with E-state index in [1.165, 1.54) is 0 Å². The quantitative estimate of drug-likeness (QED) is 0.591. The van der Waals surface area contributed by atoms with Gasteiger partial charge in [0, 0.05) is 18.2 Å². The number of hydrogen-bond donors (Lipinski definition) is 3. The number of amides is 3. The minimum atomic E-state index is -0.783. The van der Waals surface area contributed by atoms with E-state index in [0.29, 0.717) is 17.7 Å². The minimum absolute atomic E-state index is 0.0428. The summed E-state index contributed by atoms with van der Waals surface area (Å²) >= 11 is 0. The fourth-order valence-corrected chi connectivity index (χ4v) is 3.02. The highest BCUT2D eigenvalue weighted by molar-refractivity contribution is 5.98. The van der Waals surface area contributed by atoms with Gasteiger partial charge in [0.15, 0.2) is 0 Å². The van der Waals surface area contributed by atoms with E-state index in [4.69, 9.17) is 0 Å². The Labute approximate surface area is 178 Å². The smallest absolute Gasteiger partial charge is 0.251 e. The van der Waals surface area contributed by atoms with E-state index in [1.54, 1.807) is 12.1 Å². The fraction of sp³-hybridized carbons (Fsp3) is 0.375. The summed E-state index contributed by atoms with van der Waals surface area (Å²) in [5.74, 6) is -0.326. The topological polar surface area (TPSA) is 87.3 Å². The van der Waals surface area contributed by atoms with Crippen LogP contribution in [0.15, 0.2) is 54.6 Å². The Balaban J connectivity index is 2.07. The van der Waals surface area contributed by atoms with Gasteiger partial charge in [-0.3, -0.25) is 14.4 Å². The Morgan fingerprint density at radius 3 is 2.00 bits per heavy atom. The molecule has 3 N–H and O–H groups in total. The lowest BCUT2D eigenvalue weighted by Gasteiger charge is -2.19. The minimum Gasteiger partial charge on any atom is -0.354 e. The van der Waals surface area contributed by atoms with Crippen molar-refractivity contribution in [3.05, 3.63) is 65.7 Å². The lowest BCUT2D eigenvalue weighted by molar-refractivity contribution is -0.127. The third-order valence-corrected chi connectivity index (χ3v) is 4.33. The molecule has 1 atom stereocenters. The second-order valence-corrected chi connectivity index (χ2v) is 8.09. The van der Waals surface area contributed by atoms with E-state index in [0.717, 1.165) is 5.56 Å². The van der Waals surface area contributed by atoms with Gasteiger partial charge in [0.2, 0.25) is 11.8 Å². The molecule has 0 aliphatic carbocycles. The van der Waals surface area contributed by atoms with Crippen molar-refractivity contribution in [2.45, 2.75) is 52.6 Å². The number of carbonyl (C=O) groups is 3. The lowest BCUT2D eigenvalue weighted by atomic mass is 10.0. The fourth-order valence-electron chi connectivity index (χ4n) is 3.02. The predicted molar refractivity (Wildman–Crippen MR) is 119 cm³/mol. The number of carbonyl (C=O) groups excluding carboxylic acids is 3. The molecule has 0 spiro atoms. The van der Waals surface area contributed by atoms with E-state index < -0.39 is 6.04 Å². The van der Waals surface area contributed by atoms with Gasteiger partial charge in [-0.25, -0.2) is 0 Å². The largest absolute Gasteiger partial charge is 0.354 e. The van der Waals surface area contributed by atoms with Gasteiger partial charge < -0.3 is 16.0 Å². The zero-order chi connectivity index (χ0) is 22.1. The molecule has 6 nitrogen and oxygen atoms in total. The third-order valence-electron chi connectivity index (χ3n) is 4.33. The normalized spacial score (nSPS) is 11.8. The van der Waals surface area contributed by atoms with Crippen molar-refractivity contribution >= 4 is 23.4 Å². The monoisotopic (exact) mass is 409 g/mol. The van der Waals surface area contributed by atoms with E-state index >= 15 is 0 Å². The van der Waals surface area contributed by atoms with Crippen molar-refractivity contribution in [1.29, 1.82) is 0 Å². The second kappa shape index (κ2) is 11.1. The Hall–Kier alpha value is -3.15. The van der Waals surface area contributed by atoms with E-state index in [2.05, 4.69) is 16.0 Å². The molecular formula is C24H31N3O3. The molecule has 0 aliphatic heterocycles. The molecule has 160 valence electrons. The van der Waals surface area contributed by atoms with Crippen molar-refractivity contribution in [3.63, 3.8) is 0 Å². The van der Waals surface area contributed by atoms with Crippen LogP contribution in [0.5, 0.6) is 0 Å². The van der Waals surface area contributed by atoms with Crippen molar-refractivity contribution in [1.82, 2.24) is 10.6 Å². The van der Waals surface area contributed by atoms with Crippen LogP contribution in [-0.2, 0) is 20.8 Å². The van der Waals surface area contributed by atoms with Gasteiger partial charge in [0.25, 0.3) is 5.91 Å². The zero-order valence-electron chi connectivity index (χ0n) is 18.1. The van der Waals surface area contributed by atoms with Gasteiger partial charge >= 0.3 is 0 Å². The number of anilines is 1. The van der Waals surface area contributed by atoms with E-state index in [1.807, 2.05) is 70.2 Å². The molecule has 6 heteroatoms. The Morgan fingerprint density at radius 1 is 0.800 bits per heavy atom. The van der Waals surface area contributed by atoms with Crippen molar-refractivity contribution in [2.24, 2.45) is 5.92 Å². The number of hydrogen-bond acceptors (Lipinski definition) is 3.